The molecule has 1 N–H and O–H groups in total. The van der Waals surface area contributed by atoms with Gasteiger partial charge in [-0.15, -0.1) is 12.4 Å². The molecule has 1 heterocycles. The zero-order valence-electron chi connectivity index (χ0n) is 11.1. The molecule has 1 aliphatic heterocycles. The van der Waals surface area contributed by atoms with Crippen LogP contribution in [0.3, 0.4) is 0 Å². The molecule has 2 rings (SSSR count). The van der Waals surface area contributed by atoms with Crippen molar-refractivity contribution in [2.75, 3.05) is 26.2 Å². The molecular weight excluding hydrogens is 331 g/mol. The maximum absolute atomic E-state index is 14.0. The van der Waals surface area contributed by atoms with E-state index in [2.05, 4.69) is 5.32 Å². The van der Waals surface area contributed by atoms with Crippen molar-refractivity contribution in [2.24, 2.45) is 0 Å². The lowest BCUT2D eigenvalue weighted by Crippen LogP contribution is -2.46. The average Bonchev–Trinajstić information content (AvgIpc) is 2.37. The first kappa shape index (κ1) is 18.5. The van der Waals surface area contributed by atoms with Gasteiger partial charge in [0, 0.05) is 49.2 Å². The summed E-state index contributed by atoms with van der Waals surface area (Å²) in [5.74, 6) is -1.75. The number of rotatable bonds is 4. The normalized spacial score (nSPS) is 17.6. The van der Waals surface area contributed by atoms with E-state index in [-0.39, 0.29) is 23.0 Å². The summed E-state index contributed by atoms with van der Waals surface area (Å²) in [7, 11) is 0. The molecule has 1 aromatic carbocycles. The van der Waals surface area contributed by atoms with Gasteiger partial charge in [-0.25, -0.2) is 17.6 Å². The van der Waals surface area contributed by atoms with Crippen LogP contribution in [0.15, 0.2) is 12.1 Å². The van der Waals surface area contributed by atoms with Gasteiger partial charge in [-0.05, 0) is 12.1 Å². The van der Waals surface area contributed by atoms with Crippen LogP contribution in [0.2, 0.25) is 5.02 Å². The molecule has 1 saturated heterocycles. The number of benzene rings is 1. The maximum atomic E-state index is 14.0. The highest BCUT2D eigenvalue weighted by Gasteiger charge is 2.30. The predicted molar refractivity (Wildman–Crippen MR) is 76.4 cm³/mol. The molecule has 21 heavy (non-hydrogen) atoms. The third-order valence-corrected chi connectivity index (χ3v) is 3.59. The van der Waals surface area contributed by atoms with Gasteiger partial charge in [-0.2, -0.15) is 0 Å². The molecule has 1 atom stereocenters. The second-order valence-corrected chi connectivity index (χ2v) is 5.15. The molecule has 0 aliphatic carbocycles. The van der Waals surface area contributed by atoms with Gasteiger partial charge >= 0.3 is 0 Å². The van der Waals surface area contributed by atoms with Crippen LogP contribution in [0.1, 0.15) is 18.0 Å². The molecule has 0 spiro atoms. The van der Waals surface area contributed by atoms with Crippen LogP contribution < -0.4 is 5.32 Å². The zero-order chi connectivity index (χ0) is 14.7. The first-order valence-electron chi connectivity index (χ1n) is 6.36. The molecule has 1 aliphatic rings. The smallest absolute Gasteiger partial charge is 0.240 e. The second-order valence-electron chi connectivity index (χ2n) is 4.71. The Hall–Kier alpha value is -0.560. The Kier molecular flexibility index (Phi) is 7.20. The van der Waals surface area contributed by atoms with E-state index in [1.165, 1.54) is 0 Å². The summed E-state index contributed by atoms with van der Waals surface area (Å²) in [6, 6.07) is 0.940. The van der Waals surface area contributed by atoms with Gasteiger partial charge in [-0.1, -0.05) is 11.6 Å². The molecular formula is C13H16Cl2F4N2. The van der Waals surface area contributed by atoms with Crippen LogP contribution in [0.4, 0.5) is 17.6 Å². The van der Waals surface area contributed by atoms with E-state index in [1.54, 1.807) is 4.90 Å². The molecule has 0 aromatic heterocycles. The lowest BCUT2D eigenvalue weighted by Gasteiger charge is -2.35. The Bertz CT molecular complexity index is 444. The first-order chi connectivity index (χ1) is 9.49. The number of alkyl halides is 2. The number of nitrogens with zero attached hydrogens (tertiary/aromatic N) is 1. The minimum absolute atomic E-state index is 0. The number of halogens is 6. The van der Waals surface area contributed by atoms with Crippen molar-refractivity contribution in [3.05, 3.63) is 34.4 Å². The SMILES string of the molecule is Cl.Fc1cc(Cl)cc(F)c1[C@H](CC(F)F)N1CCNCC1. The van der Waals surface area contributed by atoms with Crippen LogP contribution in [-0.4, -0.2) is 37.5 Å². The molecule has 0 saturated carbocycles. The van der Waals surface area contributed by atoms with Crippen molar-refractivity contribution in [3.63, 3.8) is 0 Å². The predicted octanol–water partition coefficient (Wildman–Crippen LogP) is 3.64. The van der Waals surface area contributed by atoms with Gasteiger partial charge in [0.1, 0.15) is 11.6 Å². The summed E-state index contributed by atoms with van der Waals surface area (Å²) in [4.78, 5) is 1.68. The van der Waals surface area contributed by atoms with Gasteiger partial charge in [0.25, 0.3) is 0 Å². The fourth-order valence-corrected chi connectivity index (χ4v) is 2.68. The highest BCUT2D eigenvalue weighted by Crippen LogP contribution is 2.33. The number of hydrogen-bond donors (Lipinski definition) is 1. The monoisotopic (exact) mass is 346 g/mol. The topological polar surface area (TPSA) is 15.3 Å². The Morgan fingerprint density at radius 2 is 1.67 bits per heavy atom. The fourth-order valence-electron chi connectivity index (χ4n) is 2.48. The van der Waals surface area contributed by atoms with Crippen molar-refractivity contribution < 1.29 is 17.6 Å². The van der Waals surface area contributed by atoms with E-state index >= 15 is 0 Å². The standard InChI is InChI=1S/C13H15ClF4N2.ClH/c14-8-5-9(15)13(10(16)6-8)11(7-12(17)18)20-3-1-19-2-4-20;/h5-6,11-12,19H,1-4,7H2;1H/t11-;/m0./s1. The van der Waals surface area contributed by atoms with E-state index in [1.807, 2.05) is 0 Å². The number of nitrogens with one attached hydrogen (secondary N) is 1. The summed E-state index contributed by atoms with van der Waals surface area (Å²) in [5, 5.41) is 2.99. The van der Waals surface area contributed by atoms with Gasteiger partial charge in [-0.3, -0.25) is 4.90 Å². The zero-order valence-corrected chi connectivity index (χ0v) is 12.7. The molecule has 8 heteroatoms. The van der Waals surface area contributed by atoms with Crippen LogP contribution in [0.25, 0.3) is 0 Å². The van der Waals surface area contributed by atoms with Gasteiger partial charge in [0.2, 0.25) is 6.43 Å². The number of hydrogen-bond acceptors (Lipinski definition) is 2. The fraction of sp³-hybridized carbons (Fsp3) is 0.538. The summed E-state index contributed by atoms with van der Waals surface area (Å²) in [5.41, 5.74) is -0.323. The van der Waals surface area contributed by atoms with Gasteiger partial charge in [0.15, 0.2) is 0 Å². The Balaban J connectivity index is 0.00000220. The van der Waals surface area contributed by atoms with Crippen LogP contribution in [0.5, 0.6) is 0 Å². The van der Waals surface area contributed by atoms with Gasteiger partial charge in [0.05, 0.1) is 0 Å². The second kappa shape index (κ2) is 8.17. The molecule has 0 amide bonds. The summed E-state index contributed by atoms with van der Waals surface area (Å²) >= 11 is 5.57. The van der Waals surface area contributed by atoms with Crippen molar-refractivity contribution >= 4 is 24.0 Å². The van der Waals surface area contributed by atoms with Crippen molar-refractivity contribution in [2.45, 2.75) is 18.9 Å². The maximum Gasteiger partial charge on any atom is 0.240 e. The lowest BCUT2D eigenvalue weighted by atomic mass is 10.00. The quantitative estimate of drug-likeness (QED) is 0.837. The highest BCUT2D eigenvalue weighted by molar-refractivity contribution is 6.30. The van der Waals surface area contributed by atoms with E-state index in [0.29, 0.717) is 26.2 Å². The summed E-state index contributed by atoms with van der Waals surface area (Å²) in [6.45, 7) is 2.16. The third-order valence-electron chi connectivity index (χ3n) is 3.37. The highest BCUT2D eigenvalue weighted by atomic mass is 35.5. The first-order valence-corrected chi connectivity index (χ1v) is 6.74. The van der Waals surface area contributed by atoms with Crippen LogP contribution in [-0.2, 0) is 0 Å². The Morgan fingerprint density at radius 3 is 2.14 bits per heavy atom. The molecule has 0 bridgehead atoms. The average molecular weight is 347 g/mol. The molecule has 2 nitrogen and oxygen atoms in total. The molecule has 0 radical (unpaired) electrons. The molecule has 1 aromatic rings. The molecule has 0 unspecified atom stereocenters. The van der Waals surface area contributed by atoms with E-state index in [4.69, 9.17) is 11.6 Å². The van der Waals surface area contributed by atoms with Crippen molar-refractivity contribution in [3.8, 4) is 0 Å². The largest absolute Gasteiger partial charge is 0.314 e. The van der Waals surface area contributed by atoms with Crippen molar-refractivity contribution in [1.82, 2.24) is 10.2 Å². The lowest BCUT2D eigenvalue weighted by molar-refractivity contribution is 0.0710. The van der Waals surface area contributed by atoms with Crippen LogP contribution >= 0.6 is 24.0 Å². The minimum Gasteiger partial charge on any atom is -0.314 e. The van der Waals surface area contributed by atoms with Crippen molar-refractivity contribution in [1.29, 1.82) is 0 Å². The Morgan fingerprint density at radius 1 is 1.14 bits per heavy atom. The van der Waals surface area contributed by atoms with E-state index in [0.717, 1.165) is 12.1 Å². The van der Waals surface area contributed by atoms with E-state index < -0.39 is 30.5 Å². The van der Waals surface area contributed by atoms with Crippen LogP contribution in [0, 0.1) is 11.6 Å². The summed E-state index contributed by atoms with van der Waals surface area (Å²) < 4.78 is 53.4. The number of piperazine rings is 1. The minimum atomic E-state index is -2.63. The summed E-state index contributed by atoms with van der Waals surface area (Å²) in [6.07, 6.45) is -3.24. The molecule has 120 valence electrons. The Labute approximate surface area is 131 Å². The van der Waals surface area contributed by atoms with E-state index in [9.17, 15) is 17.6 Å². The molecule has 1 fully saturated rings. The third kappa shape index (κ3) is 4.71. The van der Waals surface area contributed by atoms with Gasteiger partial charge < -0.3 is 5.32 Å².